The molecule has 20 nitrogen and oxygen atoms in total. The van der Waals surface area contributed by atoms with Crippen LogP contribution in [0.2, 0.25) is 0 Å². The molecule has 0 aliphatic rings. The lowest BCUT2D eigenvalue weighted by atomic mass is 10.1. The van der Waals surface area contributed by atoms with Crippen molar-refractivity contribution in [1.82, 2.24) is 33.8 Å². The quantitative estimate of drug-likeness (QED) is 0.0671. The number of anilines is 1. The number of imidazole rings is 2. The summed E-state index contributed by atoms with van der Waals surface area (Å²) in [5.41, 5.74) is 1.19. The standard InChI is InChI=1S/C28H34N8O12S/c37-23(35(15-25(39)40)16-26(41)42)13-33-9-6-29-21(33)11-32(8-5-19-1-3-20(4-2-19)31-49(47)48)12-22-30-7-10-34(22)14-24(38)36(17-27(43)44)18-28(45)46/h1-4,6-7,9-10,49H,5,8,11-18H2,(H,39,40)(H,41,42)(H,43,44)(H,45,46)(H,31,47,48). The van der Waals surface area contributed by atoms with Crippen LogP contribution in [0.4, 0.5) is 5.69 Å². The van der Waals surface area contributed by atoms with Gasteiger partial charge in [0.25, 0.3) is 0 Å². The van der Waals surface area contributed by atoms with E-state index in [4.69, 9.17) is 20.4 Å². The van der Waals surface area contributed by atoms with E-state index < -0.39 is 85.9 Å². The van der Waals surface area contributed by atoms with Gasteiger partial charge in [-0.2, -0.15) is 0 Å². The van der Waals surface area contributed by atoms with Gasteiger partial charge in [0.05, 0.1) is 13.1 Å². The minimum absolute atomic E-state index is 0.0827. The van der Waals surface area contributed by atoms with E-state index in [9.17, 15) is 37.2 Å². The van der Waals surface area contributed by atoms with Crippen LogP contribution in [0.3, 0.4) is 0 Å². The zero-order valence-electron chi connectivity index (χ0n) is 25.8. The number of carboxylic acids is 4. The maximum atomic E-state index is 12.9. The van der Waals surface area contributed by atoms with Crippen molar-refractivity contribution in [3.05, 3.63) is 66.3 Å². The highest BCUT2D eigenvalue weighted by atomic mass is 32.2. The van der Waals surface area contributed by atoms with Gasteiger partial charge in [0.15, 0.2) is 0 Å². The Morgan fingerprint density at radius 3 is 1.45 bits per heavy atom. The summed E-state index contributed by atoms with van der Waals surface area (Å²) in [6.45, 7) is -3.61. The normalized spacial score (nSPS) is 11.0. The fourth-order valence-electron chi connectivity index (χ4n) is 4.63. The number of rotatable bonds is 21. The summed E-state index contributed by atoms with van der Waals surface area (Å²) >= 11 is 0. The lowest BCUT2D eigenvalue weighted by Gasteiger charge is -2.24. The van der Waals surface area contributed by atoms with Gasteiger partial charge in [-0.1, -0.05) is 12.1 Å². The zero-order valence-corrected chi connectivity index (χ0v) is 26.7. The number of hydrogen-bond donors (Lipinski definition) is 6. The van der Waals surface area contributed by atoms with Gasteiger partial charge in [0, 0.05) is 37.0 Å². The van der Waals surface area contributed by atoms with E-state index in [1.807, 2.05) is 4.90 Å². The molecule has 49 heavy (non-hydrogen) atoms. The second-order valence-electron chi connectivity index (χ2n) is 10.5. The number of benzene rings is 1. The topological polar surface area (TPSA) is 275 Å². The van der Waals surface area contributed by atoms with Crippen molar-refractivity contribution >= 4 is 52.3 Å². The molecule has 0 bridgehead atoms. The summed E-state index contributed by atoms with van der Waals surface area (Å²) in [7, 11) is -2.84. The number of amides is 2. The van der Waals surface area contributed by atoms with Gasteiger partial charge in [-0.25, -0.2) is 18.4 Å². The summed E-state index contributed by atoms with van der Waals surface area (Å²) in [5, 5.41) is 36.5. The number of carboxylic acid groups (broad SMARTS) is 4. The Kier molecular flexibility index (Phi) is 13.8. The first-order valence-corrected chi connectivity index (χ1v) is 15.5. The van der Waals surface area contributed by atoms with Gasteiger partial charge in [0.1, 0.15) is 50.9 Å². The van der Waals surface area contributed by atoms with Crippen molar-refractivity contribution in [3.63, 3.8) is 0 Å². The van der Waals surface area contributed by atoms with Crippen LogP contribution in [-0.4, -0.2) is 131 Å². The highest BCUT2D eigenvalue weighted by molar-refractivity contribution is 7.73. The van der Waals surface area contributed by atoms with Crippen LogP contribution in [0.25, 0.3) is 0 Å². The molecule has 0 fully saturated rings. The summed E-state index contributed by atoms with van der Waals surface area (Å²) in [4.78, 5) is 82.5. The number of thiol groups is 1. The van der Waals surface area contributed by atoms with Crippen LogP contribution in [0.5, 0.6) is 0 Å². The molecule has 0 spiro atoms. The number of nitrogens with zero attached hydrogens (tertiary/aromatic N) is 7. The molecule has 3 aromatic rings. The van der Waals surface area contributed by atoms with Gasteiger partial charge >= 0.3 is 23.9 Å². The van der Waals surface area contributed by atoms with E-state index in [0.717, 1.165) is 5.56 Å². The average molecular weight is 707 g/mol. The van der Waals surface area contributed by atoms with E-state index >= 15 is 0 Å². The molecule has 264 valence electrons. The molecule has 1 aromatic carbocycles. The maximum absolute atomic E-state index is 12.9. The van der Waals surface area contributed by atoms with E-state index in [-0.39, 0.29) is 13.1 Å². The molecule has 21 heteroatoms. The number of nitrogens with one attached hydrogen (secondary N) is 1. The lowest BCUT2D eigenvalue weighted by molar-refractivity contribution is -0.150. The molecule has 0 radical (unpaired) electrons. The summed E-state index contributed by atoms with van der Waals surface area (Å²) in [6.07, 6.45) is 6.18. The fraction of sp³-hybridized carbons (Fsp3) is 0.357. The predicted octanol–water partition coefficient (Wildman–Crippen LogP) is -1.74. The van der Waals surface area contributed by atoms with Crippen molar-refractivity contribution < 1.29 is 57.6 Å². The summed E-state index contributed by atoms with van der Waals surface area (Å²) in [6, 6.07) is 6.61. The average Bonchev–Trinajstić information content (AvgIpc) is 3.63. The van der Waals surface area contributed by atoms with E-state index in [1.54, 1.807) is 24.3 Å². The number of aliphatic carboxylic acids is 4. The zero-order chi connectivity index (χ0) is 36.1. The summed E-state index contributed by atoms with van der Waals surface area (Å²) < 4.78 is 27.1. The van der Waals surface area contributed by atoms with Crippen molar-refractivity contribution in [3.8, 4) is 0 Å². The molecule has 2 aromatic heterocycles. The minimum atomic E-state index is -2.84. The molecule has 0 atom stereocenters. The molecule has 5 N–H and O–H groups in total. The van der Waals surface area contributed by atoms with Crippen molar-refractivity contribution in [2.75, 3.05) is 37.4 Å². The number of aromatic nitrogens is 4. The molecular formula is C28H34N8O12S. The van der Waals surface area contributed by atoms with Crippen LogP contribution in [0.15, 0.2) is 49.1 Å². The molecule has 0 saturated carbocycles. The highest BCUT2D eigenvalue weighted by Crippen LogP contribution is 2.14. The van der Waals surface area contributed by atoms with Gasteiger partial charge in [-0.05, 0) is 24.1 Å². The Balaban J connectivity index is 1.84. The van der Waals surface area contributed by atoms with E-state index in [0.29, 0.717) is 40.1 Å². The molecular weight excluding hydrogens is 672 g/mol. The maximum Gasteiger partial charge on any atom is 0.323 e. The van der Waals surface area contributed by atoms with Crippen molar-refractivity contribution in [2.24, 2.45) is 0 Å². The summed E-state index contributed by atoms with van der Waals surface area (Å²) in [5.74, 6) is -6.40. The first kappa shape index (κ1) is 37.6. The van der Waals surface area contributed by atoms with Gasteiger partial charge in [-0.15, -0.1) is 0 Å². The van der Waals surface area contributed by atoms with E-state index in [1.165, 1.54) is 33.9 Å². The van der Waals surface area contributed by atoms with E-state index in [2.05, 4.69) is 14.7 Å². The molecule has 0 aliphatic heterocycles. The van der Waals surface area contributed by atoms with Gasteiger partial charge in [-0.3, -0.25) is 38.4 Å². The van der Waals surface area contributed by atoms with Gasteiger partial charge < -0.3 is 39.4 Å². The second kappa shape index (κ2) is 17.9. The molecule has 0 unspecified atom stereocenters. The molecule has 0 aliphatic carbocycles. The minimum Gasteiger partial charge on any atom is -0.480 e. The Bertz CT molecular complexity index is 1610. The molecule has 3 rings (SSSR count). The first-order valence-electron chi connectivity index (χ1n) is 14.3. The van der Waals surface area contributed by atoms with Crippen molar-refractivity contribution in [1.29, 1.82) is 0 Å². The smallest absolute Gasteiger partial charge is 0.323 e. The van der Waals surface area contributed by atoms with Gasteiger partial charge in [0.2, 0.25) is 22.7 Å². The molecule has 2 amide bonds. The lowest BCUT2D eigenvalue weighted by Crippen LogP contribution is -2.41. The molecule has 0 saturated heterocycles. The van der Waals surface area contributed by atoms with Crippen LogP contribution in [0, 0.1) is 0 Å². The number of hydrogen-bond acceptors (Lipinski definition) is 11. The highest BCUT2D eigenvalue weighted by Gasteiger charge is 2.23. The Labute approximate surface area is 279 Å². The predicted molar refractivity (Wildman–Crippen MR) is 166 cm³/mol. The third kappa shape index (κ3) is 12.7. The van der Waals surface area contributed by atoms with Crippen LogP contribution in [-0.2, 0) is 72.3 Å². The monoisotopic (exact) mass is 706 g/mol. The van der Waals surface area contributed by atoms with Crippen LogP contribution >= 0.6 is 0 Å². The fourth-order valence-corrected chi connectivity index (χ4v) is 4.99. The number of carbonyl (C=O) groups is 6. The first-order chi connectivity index (χ1) is 23.2. The van der Waals surface area contributed by atoms with Crippen LogP contribution in [0.1, 0.15) is 17.2 Å². The third-order valence-corrected chi connectivity index (χ3v) is 7.29. The van der Waals surface area contributed by atoms with Crippen molar-refractivity contribution in [2.45, 2.75) is 32.6 Å². The third-order valence-electron chi connectivity index (χ3n) is 6.85. The number of carbonyl (C=O) groups excluding carboxylic acids is 2. The second-order valence-corrected chi connectivity index (χ2v) is 11.3. The largest absolute Gasteiger partial charge is 0.480 e. The Morgan fingerprint density at radius 2 is 1.08 bits per heavy atom. The molecule has 2 heterocycles. The Morgan fingerprint density at radius 1 is 0.673 bits per heavy atom. The SMILES string of the molecule is O=C(O)CN(CC(=O)O)C(=O)Cn1ccnc1CN(CCc1ccc(N[SH](=O)=O)cc1)Cc1nccn1CC(=O)N(CC(=O)O)CC(=O)O. The van der Waals surface area contributed by atoms with Crippen LogP contribution < -0.4 is 4.72 Å². The Hall–Kier alpha value is -5.83.